The molecule has 3 rings (SSSR count). The first kappa shape index (κ1) is 14.0. The summed E-state index contributed by atoms with van der Waals surface area (Å²) in [5.41, 5.74) is 3.07. The van der Waals surface area contributed by atoms with Crippen LogP contribution in [0.4, 0.5) is 0 Å². The molecule has 0 aromatic heterocycles. The first-order valence-corrected chi connectivity index (χ1v) is 8.18. The van der Waals surface area contributed by atoms with E-state index in [0.717, 1.165) is 19.3 Å². The molecular weight excluding hydrogens is 284 g/mol. The minimum Gasteiger partial charge on any atom is -0.480 e. The molecule has 0 saturated carbocycles. The molecule has 2 aromatic carbocycles. The van der Waals surface area contributed by atoms with Crippen molar-refractivity contribution in [3.05, 3.63) is 65.2 Å². The molecular formula is C17H16O3S. The molecule has 108 valence electrons. The van der Waals surface area contributed by atoms with Crippen molar-refractivity contribution in [1.82, 2.24) is 0 Å². The minimum absolute atomic E-state index is 0.573. The second-order valence-electron chi connectivity index (χ2n) is 5.21. The number of benzene rings is 2. The van der Waals surface area contributed by atoms with Crippen LogP contribution in [0.5, 0.6) is 0 Å². The van der Waals surface area contributed by atoms with E-state index in [-0.39, 0.29) is 0 Å². The van der Waals surface area contributed by atoms with Gasteiger partial charge in [0.05, 0.1) is 10.8 Å². The molecule has 3 nitrogen and oxygen atoms in total. The minimum atomic E-state index is -1.59. The van der Waals surface area contributed by atoms with Gasteiger partial charge in [0.1, 0.15) is 0 Å². The van der Waals surface area contributed by atoms with Gasteiger partial charge in [-0.2, -0.15) is 0 Å². The second-order valence-corrected chi connectivity index (χ2v) is 6.75. The molecule has 0 bridgehead atoms. The van der Waals surface area contributed by atoms with E-state index in [1.54, 1.807) is 30.3 Å². The lowest BCUT2D eigenvalue weighted by Crippen LogP contribution is -2.17. The van der Waals surface area contributed by atoms with E-state index in [4.69, 9.17) is 0 Å². The van der Waals surface area contributed by atoms with Gasteiger partial charge in [0, 0.05) is 4.90 Å². The van der Waals surface area contributed by atoms with Gasteiger partial charge in [-0.15, -0.1) is 0 Å². The van der Waals surface area contributed by atoms with Gasteiger partial charge in [-0.05, 0) is 48.1 Å². The Morgan fingerprint density at radius 3 is 2.48 bits per heavy atom. The highest BCUT2D eigenvalue weighted by molar-refractivity contribution is 7.86. The summed E-state index contributed by atoms with van der Waals surface area (Å²) in [6.07, 6.45) is 3.17. The fraction of sp³-hybridized carbons (Fsp3) is 0.235. The largest absolute Gasteiger partial charge is 0.480 e. The van der Waals surface area contributed by atoms with E-state index in [1.165, 1.54) is 11.1 Å². The molecule has 0 heterocycles. The SMILES string of the molecule is O=C(O)C(c1ccccc1)S(=O)c1ccc2c(c1)CCC2. The van der Waals surface area contributed by atoms with Crippen LogP contribution < -0.4 is 0 Å². The molecule has 21 heavy (non-hydrogen) atoms. The van der Waals surface area contributed by atoms with Crippen molar-refractivity contribution in [2.24, 2.45) is 0 Å². The van der Waals surface area contributed by atoms with Gasteiger partial charge in [-0.1, -0.05) is 36.4 Å². The summed E-state index contributed by atoms with van der Waals surface area (Å²) in [4.78, 5) is 12.2. The lowest BCUT2D eigenvalue weighted by Gasteiger charge is -2.13. The third-order valence-corrected chi connectivity index (χ3v) is 5.46. The van der Waals surface area contributed by atoms with E-state index in [2.05, 4.69) is 0 Å². The molecule has 0 amide bonds. The van der Waals surface area contributed by atoms with Crippen LogP contribution in [0.2, 0.25) is 0 Å². The van der Waals surface area contributed by atoms with Gasteiger partial charge in [-0.25, -0.2) is 0 Å². The number of aliphatic carboxylic acids is 1. The van der Waals surface area contributed by atoms with E-state index in [0.29, 0.717) is 10.5 Å². The third kappa shape index (κ3) is 2.76. The highest BCUT2D eigenvalue weighted by Crippen LogP contribution is 2.29. The van der Waals surface area contributed by atoms with Crippen LogP contribution in [0.15, 0.2) is 53.4 Å². The van der Waals surface area contributed by atoms with Crippen LogP contribution in [0.25, 0.3) is 0 Å². The summed E-state index contributed by atoms with van der Waals surface area (Å²) in [5, 5.41) is 8.44. The normalized spacial score (nSPS) is 16.2. The quantitative estimate of drug-likeness (QED) is 0.944. The van der Waals surface area contributed by atoms with Gasteiger partial charge in [0.15, 0.2) is 5.25 Å². The number of hydrogen-bond acceptors (Lipinski definition) is 2. The molecule has 4 heteroatoms. The average Bonchev–Trinajstić information content (AvgIpc) is 2.95. The predicted molar refractivity (Wildman–Crippen MR) is 81.7 cm³/mol. The molecule has 1 aliphatic carbocycles. The molecule has 2 unspecified atom stereocenters. The van der Waals surface area contributed by atoms with Crippen molar-refractivity contribution in [3.8, 4) is 0 Å². The summed E-state index contributed by atoms with van der Waals surface area (Å²) in [7, 11) is -1.59. The molecule has 0 spiro atoms. The molecule has 0 fully saturated rings. The summed E-state index contributed by atoms with van der Waals surface area (Å²) in [6.45, 7) is 0. The first-order valence-electron chi connectivity index (χ1n) is 6.97. The number of carboxylic acid groups (broad SMARTS) is 1. The van der Waals surface area contributed by atoms with Gasteiger partial charge < -0.3 is 5.11 Å². The standard InChI is InChI=1S/C17H16O3S/c18-17(19)16(13-5-2-1-3-6-13)21(20)15-10-9-12-7-4-8-14(12)11-15/h1-3,5-6,9-11,16H,4,7-8H2,(H,18,19). The maximum atomic E-state index is 12.7. The zero-order chi connectivity index (χ0) is 14.8. The Labute approximate surface area is 126 Å². The zero-order valence-corrected chi connectivity index (χ0v) is 12.3. The number of rotatable bonds is 4. The lowest BCUT2D eigenvalue weighted by atomic mass is 10.1. The molecule has 1 aliphatic rings. The number of aryl methyl sites for hydroxylation is 2. The molecule has 2 atom stereocenters. The zero-order valence-electron chi connectivity index (χ0n) is 11.5. The van der Waals surface area contributed by atoms with Crippen LogP contribution >= 0.6 is 0 Å². The Kier molecular flexibility index (Phi) is 3.88. The van der Waals surface area contributed by atoms with E-state index in [1.807, 2.05) is 18.2 Å². The Morgan fingerprint density at radius 1 is 1.05 bits per heavy atom. The van der Waals surface area contributed by atoms with E-state index in [9.17, 15) is 14.1 Å². The van der Waals surface area contributed by atoms with Gasteiger partial charge in [0.2, 0.25) is 0 Å². The Bertz CT molecular complexity index is 694. The smallest absolute Gasteiger partial charge is 0.324 e. The fourth-order valence-corrected chi connectivity index (χ4v) is 4.12. The van der Waals surface area contributed by atoms with Crippen LogP contribution in [0.3, 0.4) is 0 Å². The maximum Gasteiger partial charge on any atom is 0.324 e. The summed E-state index contributed by atoms with van der Waals surface area (Å²) in [5.74, 6) is -1.06. The van der Waals surface area contributed by atoms with Crippen molar-refractivity contribution < 1.29 is 14.1 Å². The molecule has 1 N–H and O–H groups in total. The van der Waals surface area contributed by atoms with Crippen LogP contribution in [0, 0.1) is 0 Å². The average molecular weight is 300 g/mol. The Morgan fingerprint density at radius 2 is 1.76 bits per heavy atom. The van der Waals surface area contributed by atoms with E-state index < -0.39 is 22.0 Å². The summed E-state index contributed by atoms with van der Waals surface area (Å²) in [6, 6.07) is 14.5. The lowest BCUT2D eigenvalue weighted by molar-refractivity contribution is -0.136. The molecule has 0 saturated heterocycles. The second kappa shape index (κ2) is 5.82. The monoisotopic (exact) mass is 300 g/mol. The van der Waals surface area contributed by atoms with Crippen molar-refractivity contribution >= 4 is 16.8 Å². The van der Waals surface area contributed by atoms with Gasteiger partial charge in [0.25, 0.3) is 0 Å². The first-order chi connectivity index (χ1) is 10.2. The predicted octanol–water partition coefficient (Wildman–Crippen LogP) is 3.11. The van der Waals surface area contributed by atoms with Crippen molar-refractivity contribution in [2.45, 2.75) is 29.4 Å². The Balaban J connectivity index is 1.97. The Hall–Kier alpha value is -1.94. The third-order valence-electron chi connectivity index (χ3n) is 3.84. The molecule has 0 radical (unpaired) electrons. The summed E-state index contributed by atoms with van der Waals surface area (Å²) >= 11 is 0. The van der Waals surface area contributed by atoms with E-state index >= 15 is 0 Å². The van der Waals surface area contributed by atoms with Crippen molar-refractivity contribution in [1.29, 1.82) is 0 Å². The molecule has 2 aromatic rings. The van der Waals surface area contributed by atoms with Gasteiger partial charge >= 0.3 is 5.97 Å². The van der Waals surface area contributed by atoms with Crippen LogP contribution in [-0.2, 0) is 28.4 Å². The highest BCUT2D eigenvalue weighted by atomic mass is 32.2. The van der Waals surface area contributed by atoms with Crippen molar-refractivity contribution in [2.75, 3.05) is 0 Å². The van der Waals surface area contributed by atoms with Crippen molar-refractivity contribution in [3.63, 3.8) is 0 Å². The highest BCUT2D eigenvalue weighted by Gasteiger charge is 2.28. The van der Waals surface area contributed by atoms with Gasteiger partial charge in [-0.3, -0.25) is 9.00 Å². The number of carbonyl (C=O) groups is 1. The fourth-order valence-electron chi connectivity index (χ4n) is 2.79. The number of hydrogen-bond donors (Lipinski definition) is 1. The van der Waals surface area contributed by atoms with Crippen LogP contribution in [-0.4, -0.2) is 15.3 Å². The maximum absolute atomic E-state index is 12.7. The molecule has 0 aliphatic heterocycles. The topological polar surface area (TPSA) is 54.4 Å². The van der Waals surface area contributed by atoms with Crippen LogP contribution in [0.1, 0.15) is 28.4 Å². The number of carboxylic acids is 1. The number of fused-ring (bicyclic) bond motifs is 1. The summed E-state index contributed by atoms with van der Waals surface area (Å²) < 4.78 is 12.7.